The van der Waals surface area contributed by atoms with Crippen LogP contribution >= 0.6 is 11.6 Å². The average molecular weight is 254 g/mol. The Hall–Kier alpha value is -1.22. The van der Waals surface area contributed by atoms with Gasteiger partial charge in [-0.3, -0.25) is 4.79 Å². The average Bonchev–Trinajstić information content (AvgIpc) is 2.20. The quantitative estimate of drug-likeness (QED) is 0.814. The first kappa shape index (κ1) is 12.2. The van der Waals surface area contributed by atoms with Gasteiger partial charge in [0.2, 0.25) is 0 Å². The minimum Gasteiger partial charge on any atom is -0.481 e. The fourth-order valence-corrected chi connectivity index (χ4v) is 2.48. The van der Waals surface area contributed by atoms with Crippen LogP contribution in [0.4, 0.5) is 5.69 Å². The van der Waals surface area contributed by atoms with Crippen LogP contribution in [0.2, 0.25) is 5.02 Å². The predicted octanol–water partition coefficient (Wildman–Crippen LogP) is 3.14. The summed E-state index contributed by atoms with van der Waals surface area (Å²) in [5.74, 6) is -0.240. The van der Waals surface area contributed by atoms with Crippen LogP contribution in [-0.2, 0) is 4.79 Å². The Kier molecular flexibility index (Phi) is 3.29. The van der Waals surface area contributed by atoms with Crippen LogP contribution in [0.3, 0.4) is 0 Å². The summed E-state index contributed by atoms with van der Waals surface area (Å²) in [5, 5.41) is 9.49. The van der Waals surface area contributed by atoms with Crippen molar-refractivity contribution in [3.8, 4) is 0 Å². The molecule has 1 aliphatic rings. The molecule has 0 heterocycles. The lowest BCUT2D eigenvalue weighted by molar-refractivity contribution is -0.144. The van der Waals surface area contributed by atoms with Gasteiger partial charge in [0.15, 0.2) is 0 Å². The van der Waals surface area contributed by atoms with E-state index in [1.165, 1.54) is 5.56 Å². The molecule has 1 aromatic carbocycles. The number of anilines is 1. The van der Waals surface area contributed by atoms with Crippen molar-refractivity contribution in [2.75, 3.05) is 5.73 Å². The third kappa shape index (κ3) is 2.39. The molecular weight excluding hydrogens is 238 g/mol. The lowest BCUT2D eigenvalue weighted by Crippen LogP contribution is -2.31. The Labute approximate surface area is 106 Å². The monoisotopic (exact) mass is 253 g/mol. The summed E-state index contributed by atoms with van der Waals surface area (Å²) in [6.45, 7) is 1.78. The molecule has 1 fully saturated rings. The van der Waals surface area contributed by atoms with Crippen molar-refractivity contribution in [3.05, 3.63) is 28.8 Å². The number of halogens is 1. The first-order valence-electron chi connectivity index (χ1n) is 5.76. The molecule has 1 atom stereocenters. The molecule has 3 N–H and O–H groups in total. The summed E-state index contributed by atoms with van der Waals surface area (Å²) < 4.78 is 0. The highest BCUT2D eigenvalue weighted by molar-refractivity contribution is 6.33. The highest BCUT2D eigenvalue weighted by atomic mass is 35.5. The van der Waals surface area contributed by atoms with Gasteiger partial charge in [0.1, 0.15) is 0 Å². The normalized spacial score (nSPS) is 25.1. The zero-order valence-corrected chi connectivity index (χ0v) is 10.4. The molecule has 0 aliphatic heterocycles. The zero-order valence-electron chi connectivity index (χ0n) is 9.69. The number of nitrogens with two attached hydrogens (primary N) is 1. The van der Waals surface area contributed by atoms with E-state index in [2.05, 4.69) is 0 Å². The summed E-state index contributed by atoms with van der Waals surface area (Å²) in [5.41, 5.74) is 7.52. The van der Waals surface area contributed by atoms with E-state index in [0.29, 0.717) is 16.6 Å². The highest BCUT2D eigenvalue weighted by Crippen LogP contribution is 2.46. The molecule has 1 unspecified atom stereocenters. The molecule has 2 rings (SSSR count). The van der Waals surface area contributed by atoms with E-state index in [4.69, 9.17) is 22.4 Å². The second kappa shape index (κ2) is 4.57. The maximum absolute atomic E-state index is 10.8. The van der Waals surface area contributed by atoms with E-state index < -0.39 is 5.97 Å². The van der Waals surface area contributed by atoms with E-state index in [1.54, 1.807) is 13.0 Å². The van der Waals surface area contributed by atoms with Crippen molar-refractivity contribution in [1.29, 1.82) is 0 Å². The maximum atomic E-state index is 10.8. The third-order valence-electron chi connectivity index (χ3n) is 3.76. The van der Waals surface area contributed by atoms with Crippen molar-refractivity contribution in [3.63, 3.8) is 0 Å². The van der Waals surface area contributed by atoms with Crippen LogP contribution in [0.5, 0.6) is 0 Å². The molecule has 92 valence electrons. The van der Waals surface area contributed by atoms with Crippen molar-refractivity contribution in [2.45, 2.75) is 25.7 Å². The third-order valence-corrected chi connectivity index (χ3v) is 4.11. The van der Waals surface area contributed by atoms with Crippen LogP contribution in [0.25, 0.3) is 0 Å². The second-order valence-electron chi connectivity index (χ2n) is 4.84. The number of nitrogen functional groups attached to an aromatic ring is 1. The Morgan fingerprint density at radius 1 is 1.53 bits per heavy atom. The predicted molar refractivity (Wildman–Crippen MR) is 68.1 cm³/mol. The Morgan fingerprint density at radius 3 is 2.71 bits per heavy atom. The van der Waals surface area contributed by atoms with Crippen molar-refractivity contribution < 1.29 is 9.90 Å². The van der Waals surface area contributed by atoms with Gasteiger partial charge in [-0.05, 0) is 42.4 Å². The first-order valence-corrected chi connectivity index (χ1v) is 6.14. The molecule has 4 heteroatoms. The van der Waals surface area contributed by atoms with E-state index in [9.17, 15) is 4.79 Å². The standard InChI is InChI=1S/C13H16ClNO2/c1-7(13(16)17)9-4-10(5-9)8-2-3-11(14)12(15)6-8/h2-3,6-7,9-10H,4-5,15H2,1H3,(H,16,17). The fraction of sp³-hybridized carbons (Fsp3) is 0.462. The molecule has 1 aliphatic carbocycles. The highest BCUT2D eigenvalue weighted by Gasteiger charge is 2.36. The van der Waals surface area contributed by atoms with Gasteiger partial charge in [-0.15, -0.1) is 0 Å². The lowest BCUT2D eigenvalue weighted by Gasteiger charge is -2.38. The minimum atomic E-state index is -0.705. The first-order chi connectivity index (χ1) is 7.99. The molecule has 0 radical (unpaired) electrons. The summed E-state index contributed by atoms with van der Waals surface area (Å²) in [6.07, 6.45) is 1.85. The van der Waals surface area contributed by atoms with Gasteiger partial charge in [-0.2, -0.15) is 0 Å². The summed E-state index contributed by atoms with van der Waals surface area (Å²) in [7, 11) is 0. The summed E-state index contributed by atoms with van der Waals surface area (Å²) >= 11 is 5.86. The van der Waals surface area contributed by atoms with Gasteiger partial charge in [-0.25, -0.2) is 0 Å². The molecule has 0 aromatic heterocycles. The van der Waals surface area contributed by atoms with E-state index in [1.807, 2.05) is 12.1 Å². The molecule has 0 saturated heterocycles. The number of carboxylic acid groups (broad SMARTS) is 1. The van der Waals surface area contributed by atoms with Crippen molar-refractivity contribution >= 4 is 23.3 Å². The number of aliphatic carboxylic acids is 1. The number of hydrogen-bond donors (Lipinski definition) is 2. The fourth-order valence-electron chi connectivity index (χ4n) is 2.36. The Balaban J connectivity index is 1.99. The van der Waals surface area contributed by atoms with Crippen LogP contribution < -0.4 is 5.73 Å². The minimum absolute atomic E-state index is 0.254. The lowest BCUT2D eigenvalue weighted by atomic mass is 9.66. The molecular formula is C13H16ClNO2. The van der Waals surface area contributed by atoms with Crippen molar-refractivity contribution in [2.24, 2.45) is 11.8 Å². The van der Waals surface area contributed by atoms with Crippen LogP contribution in [0, 0.1) is 11.8 Å². The van der Waals surface area contributed by atoms with Crippen LogP contribution in [0.1, 0.15) is 31.2 Å². The molecule has 0 amide bonds. The second-order valence-corrected chi connectivity index (χ2v) is 5.24. The molecule has 0 spiro atoms. The number of carbonyl (C=O) groups is 1. The number of rotatable bonds is 3. The van der Waals surface area contributed by atoms with Gasteiger partial charge < -0.3 is 10.8 Å². The number of carboxylic acids is 1. The van der Waals surface area contributed by atoms with Gasteiger partial charge in [0, 0.05) is 0 Å². The van der Waals surface area contributed by atoms with Gasteiger partial charge in [-0.1, -0.05) is 24.6 Å². The SMILES string of the molecule is CC(C(=O)O)C1CC(c2ccc(Cl)c(N)c2)C1. The summed E-state index contributed by atoms with van der Waals surface area (Å²) in [4.78, 5) is 10.8. The van der Waals surface area contributed by atoms with E-state index in [-0.39, 0.29) is 11.8 Å². The smallest absolute Gasteiger partial charge is 0.306 e. The molecule has 1 aromatic rings. The van der Waals surface area contributed by atoms with Gasteiger partial charge >= 0.3 is 5.97 Å². The van der Waals surface area contributed by atoms with Crippen LogP contribution in [0.15, 0.2) is 18.2 Å². The van der Waals surface area contributed by atoms with Gasteiger partial charge in [0.05, 0.1) is 16.6 Å². The molecule has 3 nitrogen and oxygen atoms in total. The largest absolute Gasteiger partial charge is 0.481 e. The van der Waals surface area contributed by atoms with E-state index >= 15 is 0 Å². The van der Waals surface area contributed by atoms with E-state index in [0.717, 1.165) is 12.8 Å². The number of benzene rings is 1. The zero-order chi connectivity index (χ0) is 12.6. The Bertz CT molecular complexity index is 441. The molecule has 0 bridgehead atoms. The molecule has 1 saturated carbocycles. The molecule has 17 heavy (non-hydrogen) atoms. The topological polar surface area (TPSA) is 63.3 Å². The maximum Gasteiger partial charge on any atom is 0.306 e. The van der Waals surface area contributed by atoms with Crippen molar-refractivity contribution in [1.82, 2.24) is 0 Å². The summed E-state index contributed by atoms with van der Waals surface area (Å²) in [6, 6.07) is 5.68. The van der Waals surface area contributed by atoms with Gasteiger partial charge in [0.25, 0.3) is 0 Å². The Morgan fingerprint density at radius 2 is 2.18 bits per heavy atom. The number of hydrogen-bond acceptors (Lipinski definition) is 2. The van der Waals surface area contributed by atoms with Crippen LogP contribution in [-0.4, -0.2) is 11.1 Å².